The van der Waals surface area contributed by atoms with Crippen LogP contribution in [-0.4, -0.2) is 12.1 Å². The summed E-state index contributed by atoms with van der Waals surface area (Å²) in [5, 5.41) is 0. The Labute approximate surface area is 137 Å². The van der Waals surface area contributed by atoms with Crippen molar-refractivity contribution in [1.82, 2.24) is 0 Å². The maximum atomic E-state index is 12.4. The summed E-state index contributed by atoms with van der Waals surface area (Å²) in [6.07, 6.45) is 16.2. The molecule has 0 aromatic heterocycles. The van der Waals surface area contributed by atoms with Gasteiger partial charge in [-0.15, -0.1) is 0 Å². The van der Waals surface area contributed by atoms with Crippen molar-refractivity contribution >= 4 is 5.97 Å². The van der Waals surface area contributed by atoms with Crippen LogP contribution in [0.1, 0.15) is 97.3 Å². The van der Waals surface area contributed by atoms with Gasteiger partial charge in [-0.2, -0.15) is 0 Å². The number of carbonyl (C=O) groups is 1. The molecule has 0 unspecified atom stereocenters. The van der Waals surface area contributed by atoms with Crippen molar-refractivity contribution in [3.05, 3.63) is 0 Å². The summed E-state index contributed by atoms with van der Waals surface area (Å²) in [5.74, 6) is 2.07. The highest BCUT2D eigenvalue weighted by Crippen LogP contribution is 2.34. The van der Waals surface area contributed by atoms with Gasteiger partial charge < -0.3 is 4.74 Å². The molecular weight excluding hydrogens is 272 g/mol. The summed E-state index contributed by atoms with van der Waals surface area (Å²) in [6, 6.07) is 0. The van der Waals surface area contributed by atoms with E-state index in [0.717, 1.165) is 37.5 Å². The fraction of sp³-hybridized carbons (Fsp3) is 0.950. The van der Waals surface area contributed by atoms with Crippen molar-refractivity contribution in [1.29, 1.82) is 0 Å². The molecule has 2 fully saturated rings. The molecule has 0 N–H and O–H groups in total. The molecule has 0 bridgehead atoms. The van der Waals surface area contributed by atoms with E-state index in [1.165, 1.54) is 57.8 Å². The second kappa shape index (κ2) is 9.57. The van der Waals surface area contributed by atoms with Gasteiger partial charge in [0.15, 0.2) is 0 Å². The van der Waals surface area contributed by atoms with E-state index < -0.39 is 0 Å². The molecule has 0 aromatic rings. The Morgan fingerprint density at radius 2 is 1.41 bits per heavy atom. The quantitative estimate of drug-likeness (QED) is 0.548. The molecule has 0 saturated heterocycles. The number of esters is 1. The van der Waals surface area contributed by atoms with E-state index in [1.807, 2.05) is 0 Å². The molecule has 0 amide bonds. The van der Waals surface area contributed by atoms with Crippen LogP contribution in [0, 0.1) is 17.8 Å². The first-order valence-electron chi connectivity index (χ1n) is 9.93. The molecule has 2 rings (SSSR count). The Hall–Kier alpha value is -0.530. The molecule has 0 atom stereocenters. The largest absolute Gasteiger partial charge is 0.462 e. The van der Waals surface area contributed by atoms with Crippen molar-refractivity contribution in [2.24, 2.45) is 17.8 Å². The van der Waals surface area contributed by atoms with Crippen LogP contribution < -0.4 is 0 Å². The third-order valence-electron chi connectivity index (χ3n) is 5.92. The van der Waals surface area contributed by atoms with Crippen LogP contribution in [0.15, 0.2) is 0 Å². The second-order valence-electron chi connectivity index (χ2n) is 7.73. The smallest absolute Gasteiger partial charge is 0.309 e. The third-order valence-corrected chi connectivity index (χ3v) is 5.92. The predicted molar refractivity (Wildman–Crippen MR) is 91.7 cm³/mol. The standard InChI is InChI=1S/C20H36O2/c1-3-5-7-17-8-12-18(13-9-17)20(21)22-19-14-10-16(6-4-2)11-15-19/h16-19H,3-15H2,1-2H3/t16-,17?,18?,19-. The topological polar surface area (TPSA) is 26.3 Å². The lowest BCUT2D eigenvalue weighted by Crippen LogP contribution is -2.30. The number of ether oxygens (including phenoxy) is 1. The molecule has 128 valence electrons. The van der Waals surface area contributed by atoms with E-state index >= 15 is 0 Å². The predicted octanol–water partition coefficient (Wildman–Crippen LogP) is 5.89. The fourth-order valence-electron chi connectivity index (χ4n) is 4.39. The molecule has 0 spiro atoms. The number of carbonyl (C=O) groups excluding carboxylic acids is 1. The first kappa shape index (κ1) is 17.8. The molecule has 0 radical (unpaired) electrons. The van der Waals surface area contributed by atoms with E-state index in [4.69, 9.17) is 4.74 Å². The molecule has 2 saturated carbocycles. The number of hydrogen-bond donors (Lipinski definition) is 0. The van der Waals surface area contributed by atoms with Crippen molar-refractivity contribution in [3.8, 4) is 0 Å². The Bertz CT molecular complexity index is 310. The highest BCUT2D eigenvalue weighted by atomic mass is 16.5. The summed E-state index contributed by atoms with van der Waals surface area (Å²) in [7, 11) is 0. The number of unbranched alkanes of at least 4 members (excludes halogenated alkanes) is 1. The van der Waals surface area contributed by atoms with E-state index in [-0.39, 0.29) is 18.0 Å². The van der Waals surface area contributed by atoms with E-state index in [9.17, 15) is 4.79 Å². The zero-order valence-electron chi connectivity index (χ0n) is 14.8. The zero-order chi connectivity index (χ0) is 15.8. The van der Waals surface area contributed by atoms with Crippen LogP contribution in [0.25, 0.3) is 0 Å². The van der Waals surface area contributed by atoms with E-state index in [2.05, 4.69) is 13.8 Å². The summed E-state index contributed by atoms with van der Waals surface area (Å²) in [6.45, 7) is 4.53. The zero-order valence-corrected chi connectivity index (χ0v) is 14.8. The molecule has 0 heterocycles. The second-order valence-corrected chi connectivity index (χ2v) is 7.73. The molecule has 0 aliphatic heterocycles. The van der Waals surface area contributed by atoms with E-state index in [0.29, 0.717) is 0 Å². The SMILES string of the molecule is CCCCC1CCC(C(=O)O[C@H]2CC[C@H](CCC)CC2)CC1. The van der Waals surface area contributed by atoms with Gasteiger partial charge >= 0.3 is 5.97 Å². The van der Waals surface area contributed by atoms with Gasteiger partial charge in [0.25, 0.3) is 0 Å². The Morgan fingerprint density at radius 1 is 0.818 bits per heavy atom. The molecule has 22 heavy (non-hydrogen) atoms. The summed E-state index contributed by atoms with van der Waals surface area (Å²) < 4.78 is 5.83. The minimum absolute atomic E-state index is 0.118. The molecule has 2 heteroatoms. The van der Waals surface area contributed by atoms with Gasteiger partial charge in [0.1, 0.15) is 6.10 Å². The van der Waals surface area contributed by atoms with Crippen LogP contribution in [0.3, 0.4) is 0 Å². The normalized spacial score (nSPS) is 32.6. The molecular formula is C20H36O2. The van der Waals surface area contributed by atoms with Gasteiger partial charge in [0.2, 0.25) is 0 Å². The first-order valence-corrected chi connectivity index (χ1v) is 9.93. The van der Waals surface area contributed by atoms with Gasteiger partial charge in [-0.25, -0.2) is 0 Å². The minimum Gasteiger partial charge on any atom is -0.462 e. The molecule has 2 aliphatic carbocycles. The van der Waals surface area contributed by atoms with Crippen molar-refractivity contribution in [2.45, 2.75) is 103 Å². The van der Waals surface area contributed by atoms with Crippen LogP contribution in [0.4, 0.5) is 0 Å². The Balaban J connectivity index is 1.64. The molecule has 2 aliphatic rings. The van der Waals surface area contributed by atoms with Gasteiger partial charge in [0, 0.05) is 0 Å². The Kier molecular flexibility index (Phi) is 7.75. The molecule has 2 nitrogen and oxygen atoms in total. The summed E-state index contributed by atoms with van der Waals surface area (Å²) in [4.78, 5) is 12.4. The van der Waals surface area contributed by atoms with E-state index in [1.54, 1.807) is 0 Å². The summed E-state index contributed by atoms with van der Waals surface area (Å²) >= 11 is 0. The number of hydrogen-bond acceptors (Lipinski definition) is 2. The van der Waals surface area contributed by atoms with Gasteiger partial charge in [-0.3, -0.25) is 4.79 Å². The third kappa shape index (κ3) is 5.59. The molecule has 0 aromatic carbocycles. The average molecular weight is 309 g/mol. The average Bonchev–Trinajstić information content (AvgIpc) is 2.55. The van der Waals surface area contributed by atoms with Crippen molar-refractivity contribution < 1.29 is 9.53 Å². The summed E-state index contributed by atoms with van der Waals surface area (Å²) in [5.41, 5.74) is 0. The fourth-order valence-corrected chi connectivity index (χ4v) is 4.39. The van der Waals surface area contributed by atoms with Gasteiger partial charge in [-0.1, -0.05) is 46.0 Å². The monoisotopic (exact) mass is 308 g/mol. The lowest BCUT2D eigenvalue weighted by atomic mass is 9.79. The Morgan fingerprint density at radius 3 is 2.00 bits per heavy atom. The maximum Gasteiger partial charge on any atom is 0.309 e. The van der Waals surface area contributed by atoms with Crippen LogP contribution in [-0.2, 0) is 9.53 Å². The van der Waals surface area contributed by atoms with Crippen molar-refractivity contribution in [3.63, 3.8) is 0 Å². The van der Waals surface area contributed by atoms with Crippen LogP contribution in [0.2, 0.25) is 0 Å². The lowest BCUT2D eigenvalue weighted by molar-refractivity contribution is -0.157. The van der Waals surface area contributed by atoms with Crippen LogP contribution in [0.5, 0.6) is 0 Å². The lowest BCUT2D eigenvalue weighted by Gasteiger charge is -2.31. The highest BCUT2D eigenvalue weighted by Gasteiger charge is 2.30. The van der Waals surface area contributed by atoms with Crippen molar-refractivity contribution in [2.75, 3.05) is 0 Å². The minimum atomic E-state index is 0.118. The highest BCUT2D eigenvalue weighted by molar-refractivity contribution is 5.72. The van der Waals surface area contributed by atoms with Gasteiger partial charge in [-0.05, 0) is 63.2 Å². The maximum absolute atomic E-state index is 12.4. The van der Waals surface area contributed by atoms with Gasteiger partial charge in [0.05, 0.1) is 5.92 Å². The first-order chi connectivity index (χ1) is 10.7. The number of rotatable bonds is 7. The van der Waals surface area contributed by atoms with Crippen LogP contribution >= 0.6 is 0 Å².